The number of hydrogen-bond donors (Lipinski definition) is 1. The Labute approximate surface area is 128 Å². The number of benzene rings is 1. The van der Waals surface area contributed by atoms with Crippen molar-refractivity contribution in [3.05, 3.63) is 29.8 Å². The third kappa shape index (κ3) is 5.33. The molecule has 0 spiro atoms. The van der Waals surface area contributed by atoms with Crippen LogP contribution in [0.2, 0.25) is 0 Å². The van der Waals surface area contributed by atoms with E-state index in [1.807, 2.05) is 24.3 Å². The van der Waals surface area contributed by atoms with Gasteiger partial charge in [-0.3, -0.25) is 4.90 Å². The maximum atomic E-state index is 10.2. The Bertz CT molecular complexity index is 398. The van der Waals surface area contributed by atoms with Crippen molar-refractivity contribution in [3.8, 4) is 5.75 Å². The van der Waals surface area contributed by atoms with Gasteiger partial charge >= 0.3 is 0 Å². The molecule has 0 saturated heterocycles. The second-order valence-electron chi connectivity index (χ2n) is 6.16. The molecule has 1 atom stereocenters. The zero-order valence-corrected chi connectivity index (χ0v) is 13.4. The third-order valence-electron chi connectivity index (χ3n) is 4.41. The van der Waals surface area contributed by atoms with Crippen molar-refractivity contribution < 1.29 is 9.84 Å². The average molecular weight is 291 g/mol. The maximum Gasteiger partial charge on any atom is 0.119 e. The number of hydrogen-bond acceptors (Lipinski definition) is 3. The maximum absolute atomic E-state index is 10.2. The van der Waals surface area contributed by atoms with Gasteiger partial charge < -0.3 is 9.84 Å². The number of aliphatic hydroxyl groups excluding tert-OH is 1. The van der Waals surface area contributed by atoms with Gasteiger partial charge in [0.25, 0.3) is 0 Å². The van der Waals surface area contributed by atoms with Crippen LogP contribution in [0.5, 0.6) is 5.75 Å². The van der Waals surface area contributed by atoms with Crippen molar-refractivity contribution in [2.75, 3.05) is 19.7 Å². The van der Waals surface area contributed by atoms with Crippen molar-refractivity contribution in [3.63, 3.8) is 0 Å². The van der Waals surface area contributed by atoms with Gasteiger partial charge in [-0.2, -0.15) is 0 Å². The number of nitrogens with zero attached hydrogens (tertiary/aromatic N) is 1. The van der Waals surface area contributed by atoms with E-state index in [1.54, 1.807) is 0 Å². The van der Waals surface area contributed by atoms with Crippen LogP contribution >= 0.6 is 0 Å². The monoisotopic (exact) mass is 291 g/mol. The number of likely N-dealkylation sites (N-methyl/N-ethyl adjacent to an activating group) is 1. The van der Waals surface area contributed by atoms with Crippen LogP contribution in [0.3, 0.4) is 0 Å². The van der Waals surface area contributed by atoms with Crippen molar-refractivity contribution >= 4 is 0 Å². The number of aliphatic hydroxyl groups is 1. The van der Waals surface area contributed by atoms with Crippen LogP contribution in [0.4, 0.5) is 0 Å². The fraction of sp³-hybridized carbons (Fsp3) is 0.667. The lowest BCUT2D eigenvalue weighted by Crippen LogP contribution is -2.43. The Morgan fingerprint density at radius 1 is 1.19 bits per heavy atom. The molecule has 1 aliphatic carbocycles. The van der Waals surface area contributed by atoms with Gasteiger partial charge in [-0.15, -0.1) is 0 Å². The van der Waals surface area contributed by atoms with Crippen molar-refractivity contribution in [2.24, 2.45) is 0 Å². The molecule has 1 aromatic carbocycles. The summed E-state index contributed by atoms with van der Waals surface area (Å²) in [5.74, 6) is 0.834. The molecular formula is C18H29NO2. The first-order valence-corrected chi connectivity index (χ1v) is 8.30. The van der Waals surface area contributed by atoms with E-state index in [2.05, 4.69) is 18.7 Å². The summed E-state index contributed by atoms with van der Waals surface area (Å²) in [6.45, 7) is 6.33. The molecule has 0 bridgehead atoms. The summed E-state index contributed by atoms with van der Waals surface area (Å²) < 4.78 is 5.68. The lowest BCUT2D eigenvalue weighted by molar-refractivity contribution is 0.0463. The molecule has 3 nitrogen and oxygen atoms in total. The summed E-state index contributed by atoms with van der Waals surface area (Å²) in [5.41, 5.74) is 1.22. The molecule has 1 saturated carbocycles. The van der Waals surface area contributed by atoms with Crippen LogP contribution in [0.1, 0.15) is 44.6 Å². The molecule has 0 amide bonds. The van der Waals surface area contributed by atoms with Crippen LogP contribution in [0.15, 0.2) is 24.3 Å². The fourth-order valence-electron chi connectivity index (χ4n) is 3.13. The van der Waals surface area contributed by atoms with Crippen molar-refractivity contribution in [2.45, 2.75) is 58.1 Å². The molecule has 118 valence electrons. The Morgan fingerprint density at radius 2 is 1.86 bits per heavy atom. The van der Waals surface area contributed by atoms with Crippen molar-refractivity contribution in [1.29, 1.82) is 0 Å². The molecular weight excluding hydrogens is 262 g/mol. The van der Waals surface area contributed by atoms with Crippen LogP contribution < -0.4 is 4.74 Å². The van der Waals surface area contributed by atoms with Gasteiger partial charge in [0, 0.05) is 12.6 Å². The zero-order valence-electron chi connectivity index (χ0n) is 13.4. The molecule has 0 heterocycles. The number of rotatable bonds is 7. The van der Waals surface area contributed by atoms with Gasteiger partial charge in [-0.25, -0.2) is 0 Å². The fourth-order valence-corrected chi connectivity index (χ4v) is 3.13. The predicted octanol–water partition coefficient (Wildman–Crippen LogP) is 3.39. The standard InChI is InChI=1S/C18H29NO2/c1-3-19(16-7-5-4-6-8-16)13-17(20)14-21-18-11-9-15(2)10-12-18/h9-12,16-17,20H,3-8,13-14H2,1-2H3/t17-/m0/s1. The Balaban J connectivity index is 1.76. The van der Waals surface area contributed by atoms with Crippen LogP contribution in [0.25, 0.3) is 0 Å². The Kier molecular flexibility index (Phi) is 6.52. The third-order valence-corrected chi connectivity index (χ3v) is 4.41. The minimum Gasteiger partial charge on any atom is -0.491 e. The minimum absolute atomic E-state index is 0.367. The highest BCUT2D eigenvalue weighted by atomic mass is 16.5. The van der Waals surface area contributed by atoms with Crippen LogP contribution in [-0.2, 0) is 0 Å². The van der Waals surface area contributed by atoms with Gasteiger partial charge in [-0.1, -0.05) is 43.9 Å². The molecule has 1 N–H and O–H groups in total. The van der Waals surface area contributed by atoms with Crippen molar-refractivity contribution in [1.82, 2.24) is 4.90 Å². The van der Waals surface area contributed by atoms with E-state index in [0.29, 0.717) is 19.2 Å². The SMILES string of the molecule is CCN(C[C@H](O)COc1ccc(C)cc1)C1CCCCC1. The summed E-state index contributed by atoms with van der Waals surface area (Å²) in [4.78, 5) is 2.42. The van der Waals surface area contributed by atoms with E-state index >= 15 is 0 Å². The quantitative estimate of drug-likeness (QED) is 0.836. The van der Waals surface area contributed by atoms with Gasteiger partial charge in [0.15, 0.2) is 0 Å². The Hall–Kier alpha value is -1.06. The summed E-state index contributed by atoms with van der Waals surface area (Å²) in [5, 5.41) is 10.2. The van der Waals surface area contributed by atoms with Crippen LogP contribution in [-0.4, -0.2) is 41.8 Å². The molecule has 1 aromatic rings. The summed E-state index contributed by atoms with van der Waals surface area (Å²) in [6.07, 6.45) is 6.16. The molecule has 1 fully saturated rings. The number of aryl methyl sites for hydroxylation is 1. The van der Waals surface area contributed by atoms with E-state index < -0.39 is 6.10 Å². The minimum atomic E-state index is -0.423. The summed E-state index contributed by atoms with van der Waals surface area (Å²) >= 11 is 0. The smallest absolute Gasteiger partial charge is 0.119 e. The second-order valence-corrected chi connectivity index (χ2v) is 6.16. The zero-order chi connectivity index (χ0) is 15.1. The molecule has 0 unspecified atom stereocenters. The molecule has 0 aliphatic heterocycles. The molecule has 1 aliphatic rings. The van der Waals surface area contributed by atoms with E-state index in [1.165, 1.54) is 37.7 Å². The highest BCUT2D eigenvalue weighted by molar-refractivity contribution is 5.26. The first kappa shape index (κ1) is 16.3. The normalized spacial score (nSPS) is 17.9. The largest absolute Gasteiger partial charge is 0.491 e. The average Bonchev–Trinajstić information content (AvgIpc) is 2.53. The highest BCUT2D eigenvalue weighted by Crippen LogP contribution is 2.22. The topological polar surface area (TPSA) is 32.7 Å². The number of ether oxygens (including phenoxy) is 1. The van der Waals surface area contributed by atoms with Gasteiger partial charge in [0.05, 0.1) is 0 Å². The first-order chi connectivity index (χ1) is 10.2. The van der Waals surface area contributed by atoms with E-state index in [9.17, 15) is 5.11 Å². The predicted molar refractivity (Wildman–Crippen MR) is 86.8 cm³/mol. The Morgan fingerprint density at radius 3 is 2.48 bits per heavy atom. The highest BCUT2D eigenvalue weighted by Gasteiger charge is 2.22. The van der Waals surface area contributed by atoms with Gasteiger partial charge in [0.2, 0.25) is 0 Å². The molecule has 0 aromatic heterocycles. The van der Waals surface area contributed by atoms with E-state index in [4.69, 9.17) is 4.74 Å². The summed E-state index contributed by atoms with van der Waals surface area (Å²) in [6, 6.07) is 8.63. The molecule has 21 heavy (non-hydrogen) atoms. The summed E-state index contributed by atoms with van der Waals surface area (Å²) in [7, 11) is 0. The molecule has 2 rings (SSSR count). The lowest BCUT2D eigenvalue weighted by Gasteiger charge is -2.34. The second kappa shape index (κ2) is 8.40. The lowest BCUT2D eigenvalue weighted by atomic mass is 9.94. The van der Waals surface area contributed by atoms with E-state index in [0.717, 1.165) is 12.3 Å². The van der Waals surface area contributed by atoms with Crippen LogP contribution in [0, 0.1) is 6.92 Å². The first-order valence-electron chi connectivity index (χ1n) is 8.30. The van der Waals surface area contributed by atoms with Gasteiger partial charge in [-0.05, 0) is 38.4 Å². The molecule has 3 heteroatoms. The molecule has 0 radical (unpaired) electrons. The van der Waals surface area contributed by atoms with E-state index in [-0.39, 0.29) is 0 Å². The van der Waals surface area contributed by atoms with Gasteiger partial charge in [0.1, 0.15) is 18.5 Å².